The summed E-state index contributed by atoms with van der Waals surface area (Å²) in [6.45, 7) is 0.564. The van der Waals surface area contributed by atoms with Gasteiger partial charge in [0.15, 0.2) is 5.82 Å². The summed E-state index contributed by atoms with van der Waals surface area (Å²) in [5.74, 6) is 0.0808. The number of carbonyl (C=O) groups is 1. The van der Waals surface area contributed by atoms with E-state index in [0.717, 1.165) is 24.6 Å². The fourth-order valence-electron chi connectivity index (χ4n) is 2.06. The molecule has 3 heterocycles. The van der Waals surface area contributed by atoms with Crippen molar-refractivity contribution in [2.75, 3.05) is 6.54 Å². The van der Waals surface area contributed by atoms with Crippen LogP contribution in [0.1, 0.15) is 35.2 Å². The number of aromatic nitrogens is 6. The van der Waals surface area contributed by atoms with Gasteiger partial charge in [-0.1, -0.05) is 5.21 Å². The number of amides is 1. The molecule has 0 saturated carbocycles. The number of nitrogens with one attached hydrogen (secondary N) is 2. The summed E-state index contributed by atoms with van der Waals surface area (Å²) in [5, 5.41) is 13.6. The number of H-pyrrole nitrogens is 2. The van der Waals surface area contributed by atoms with Gasteiger partial charge in [-0.3, -0.25) is 14.0 Å². The molecule has 0 aromatic carbocycles. The third-order valence-electron chi connectivity index (χ3n) is 2.87. The van der Waals surface area contributed by atoms with Crippen molar-refractivity contribution >= 4 is 17.6 Å². The van der Waals surface area contributed by atoms with Crippen LogP contribution in [0.15, 0.2) is 4.79 Å². The van der Waals surface area contributed by atoms with Crippen molar-refractivity contribution in [1.82, 2.24) is 34.3 Å². The minimum Gasteiger partial charge on any atom is -0.327 e. The van der Waals surface area contributed by atoms with Crippen molar-refractivity contribution in [2.45, 2.75) is 18.9 Å². The van der Waals surface area contributed by atoms with Crippen LogP contribution in [0.3, 0.4) is 0 Å². The third kappa shape index (κ3) is 1.70. The fraction of sp³-hybridized carbons (Fsp3) is 0.500. The normalized spacial score (nSPS) is 19.3. The van der Waals surface area contributed by atoms with Crippen molar-refractivity contribution in [3.05, 3.63) is 21.9 Å². The molecule has 2 aromatic rings. The Labute approximate surface area is 105 Å². The molecular weight excluding hydrogens is 258 g/mol. The lowest BCUT2D eigenvalue weighted by atomic mass is 10.2. The van der Waals surface area contributed by atoms with Gasteiger partial charge in [0.1, 0.15) is 0 Å². The minimum atomic E-state index is -0.455. The Morgan fingerprint density at radius 2 is 2.39 bits per heavy atom. The SMILES string of the molecule is O=C(c1ns[nH]c1=O)N1CCC[C@H]1c1nn[nH]n1. The Bertz CT molecular complexity index is 603. The molecule has 18 heavy (non-hydrogen) atoms. The molecule has 0 aliphatic carbocycles. The molecule has 1 aliphatic heterocycles. The number of nitrogens with zero attached hydrogens (tertiary/aromatic N) is 5. The maximum absolute atomic E-state index is 12.2. The van der Waals surface area contributed by atoms with Crippen LogP contribution in [0.25, 0.3) is 0 Å². The number of hydrogen-bond acceptors (Lipinski definition) is 7. The van der Waals surface area contributed by atoms with E-state index in [2.05, 4.69) is 29.4 Å². The van der Waals surface area contributed by atoms with Gasteiger partial charge in [-0.2, -0.15) is 9.59 Å². The van der Waals surface area contributed by atoms with Crippen LogP contribution in [0.4, 0.5) is 0 Å². The first-order chi connectivity index (χ1) is 8.77. The molecule has 0 unspecified atom stereocenters. The highest BCUT2D eigenvalue weighted by molar-refractivity contribution is 6.99. The molecule has 1 amide bonds. The first-order valence-corrected chi connectivity index (χ1v) is 6.13. The zero-order valence-electron chi connectivity index (χ0n) is 9.16. The average molecular weight is 267 g/mol. The Hall–Kier alpha value is -2.10. The van der Waals surface area contributed by atoms with E-state index < -0.39 is 5.56 Å². The fourth-order valence-corrected chi connectivity index (χ4v) is 2.54. The molecule has 2 aromatic heterocycles. The second-order valence-electron chi connectivity index (χ2n) is 3.89. The molecule has 94 valence electrons. The second kappa shape index (κ2) is 4.29. The van der Waals surface area contributed by atoms with E-state index in [1.54, 1.807) is 4.90 Å². The maximum atomic E-state index is 12.2. The van der Waals surface area contributed by atoms with E-state index in [1.807, 2.05) is 0 Å². The van der Waals surface area contributed by atoms with E-state index in [0.29, 0.717) is 12.4 Å². The average Bonchev–Trinajstić information content (AvgIpc) is 3.09. The van der Waals surface area contributed by atoms with Gasteiger partial charge >= 0.3 is 0 Å². The number of tetrazole rings is 1. The predicted octanol–water partition coefficient (Wildman–Crippen LogP) is -0.678. The van der Waals surface area contributed by atoms with Crippen molar-refractivity contribution in [3.8, 4) is 0 Å². The Kier molecular flexibility index (Phi) is 2.63. The van der Waals surface area contributed by atoms with Crippen LogP contribution in [0, 0.1) is 0 Å². The largest absolute Gasteiger partial charge is 0.327 e. The maximum Gasteiger partial charge on any atom is 0.291 e. The zero-order valence-corrected chi connectivity index (χ0v) is 9.98. The van der Waals surface area contributed by atoms with Crippen LogP contribution >= 0.6 is 11.7 Å². The molecule has 3 rings (SSSR count). The molecular formula is C8H9N7O2S. The lowest BCUT2D eigenvalue weighted by Crippen LogP contribution is -2.34. The summed E-state index contributed by atoms with van der Waals surface area (Å²) in [5.41, 5.74) is -0.529. The lowest BCUT2D eigenvalue weighted by Gasteiger charge is -2.20. The zero-order chi connectivity index (χ0) is 12.5. The van der Waals surface area contributed by atoms with Gasteiger partial charge in [0, 0.05) is 18.3 Å². The van der Waals surface area contributed by atoms with Gasteiger partial charge in [-0.25, -0.2) is 0 Å². The topological polar surface area (TPSA) is 121 Å². The number of hydrogen-bond donors (Lipinski definition) is 2. The number of carbonyl (C=O) groups excluding carboxylic acids is 1. The second-order valence-corrected chi connectivity index (χ2v) is 4.46. The summed E-state index contributed by atoms with van der Waals surface area (Å²) in [6, 6.07) is -0.239. The first kappa shape index (κ1) is 11.0. The van der Waals surface area contributed by atoms with Crippen molar-refractivity contribution < 1.29 is 4.79 Å². The summed E-state index contributed by atoms with van der Waals surface area (Å²) >= 11 is 0.867. The van der Waals surface area contributed by atoms with Crippen LogP contribution < -0.4 is 5.56 Å². The summed E-state index contributed by atoms with van der Waals surface area (Å²) in [4.78, 5) is 25.2. The van der Waals surface area contributed by atoms with E-state index in [9.17, 15) is 9.59 Å². The molecule has 1 aliphatic rings. The van der Waals surface area contributed by atoms with E-state index in [-0.39, 0.29) is 17.6 Å². The molecule has 2 N–H and O–H groups in total. The minimum absolute atomic E-state index is 0.0737. The summed E-state index contributed by atoms with van der Waals surface area (Å²) in [7, 11) is 0. The highest BCUT2D eigenvalue weighted by Crippen LogP contribution is 2.29. The standard InChI is InChI=1S/C8H9N7O2S/c16-7-5(11-18-12-7)8(17)15-3-1-2-4(15)6-9-13-14-10-6/h4H,1-3H2,(H,12,16)(H,9,10,13,14)/t4-/m0/s1. The molecule has 1 saturated heterocycles. The molecule has 1 fully saturated rings. The van der Waals surface area contributed by atoms with Crippen molar-refractivity contribution in [2.24, 2.45) is 0 Å². The van der Waals surface area contributed by atoms with Crippen LogP contribution in [0.2, 0.25) is 0 Å². The van der Waals surface area contributed by atoms with Crippen LogP contribution in [-0.2, 0) is 0 Å². The van der Waals surface area contributed by atoms with Gasteiger partial charge in [-0.15, -0.1) is 10.2 Å². The molecule has 10 heteroatoms. The highest BCUT2D eigenvalue weighted by Gasteiger charge is 2.35. The van der Waals surface area contributed by atoms with Gasteiger partial charge in [0.05, 0.1) is 6.04 Å². The first-order valence-electron chi connectivity index (χ1n) is 5.36. The van der Waals surface area contributed by atoms with Gasteiger partial charge < -0.3 is 4.90 Å². The smallest absolute Gasteiger partial charge is 0.291 e. The highest BCUT2D eigenvalue weighted by atomic mass is 32.1. The Balaban J connectivity index is 1.90. The van der Waals surface area contributed by atoms with Gasteiger partial charge in [0.25, 0.3) is 11.5 Å². The number of aromatic amines is 2. The molecule has 0 bridgehead atoms. The Morgan fingerprint density at radius 1 is 1.50 bits per heavy atom. The Morgan fingerprint density at radius 3 is 3.06 bits per heavy atom. The number of rotatable bonds is 2. The molecule has 9 nitrogen and oxygen atoms in total. The van der Waals surface area contributed by atoms with Gasteiger partial charge in [0.2, 0.25) is 5.69 Å². The van der Waals surface area contributed by atoms with E-state index >= 15 is 0 Å². The van der Waals surface area contributed by atoms with Gasteiger partial charge in [-0.05, 0) is 12.8 Å². The molecule has 1 atom stereocenters. The van der Waals surface area contributed by atoms with E-state index in [1.165, 1.54) is 0 Å². The quantitative estimate of drug-likeness (QED) is 0.743. The lowest BCUT2D eigenvalue weighted by molar-refractivity contribution is 0.0723. The summed E-state index contributed by atoms with van der Waals surface area (Å²) in [6.07, 6.45) is 1.60. The van der Waals surface area contributed by atoms with Crippen LogP contribution in [0.5, 0.6) is 0 Å². The summed E-state index contributed by atoms with van der Waals surface area (Å²) < 4.78 is 6.19. The van der Waals surface area contributed by atoms with Crippen LogP contribution in [-0.4, -0.2) is 46.7 Å². The molecule has 0 radical (unpaired) electrons. The monoisotopic (exact) mass is 267 g/mol. The predicted molar refractivity (Wildman–Crippen MR) is 59.9 cm³/mol. The van der Waals surface area contributed by atoms with E-state index in [4.69, 9.17) is 0 Å². The molecule has 0 spiro atoms. The van der Waals surface area contributed by atoms with Crippen molar-refractivity contribution in [3.63, 3.8) is 0 Å². The van der Waals surface area contributed by atoms with Crippen molar-refractivity contribution in [1.29, 1.82) is 0 Å². The number of likely N-dealkylation sites (tertiary alicyclic amines) is 1. The third-order valence-corrected chi connectivity index (χ3v) is 3.42.